The van der Waals surface area contributed by atoms with Gasteiger partial charge in [0.15, 0.2) is 0 Å². The van der Waals surface area contributed by atoms with Gasteiger partial charge >= 0.3 is 11.8 Å². The van der Waals surface area contributed by atoms with Crippen LogP contribution in [0.5, 0.6) is 0 Å². The Hall–Kier alpha value is -2.90. The summed E-state index contributed by atoms with van der Waals surface area (Å²) in [5.41, 5.74) is 2.28. The number of benzene rings is 2. The Bertz CT molecular complexity index is 953. The molecule has 0 radical (unpaired) electrons. The average molecular weight is 385 g/mol. The van der Waals surface area contributed by atoms with Gasteiger partial charge in [-0.05, 0) is 30.3 Å². The van der Waals surface area contributed by atoms with Crippen LogP contribution < -0.4 is 10.2 Å². The molecule has 0 atom stereocenters. The second kappa shape index (κ2) is 7.77. The summed E-state index contributed by atoms with van der Waals surface area (Å²) in [5.74, 6) is -0.331. The molecule has 0 unspecified atom stereocenters. The molecule has 27 heavy (non-hydrogen) atoms. The molecule has 1 aromatic heterocycles. The number of anilines is 2. The van der Waals surface area contributed by atoms with Gasteiger partial charge in [0.05, 0.1) is 24.6 Å². The van der Waals surface area contributed by atoms with Gasteiger partial charge in [0.1, 0.15) is 0 Å². The zero-order valence-electron chi connectivity index (χ0n) is 14.4. The van der Waals surface area contributed by atoms with E-state index in [2.05, 4.69) is 20.4 Å². The van der Waals surface area contributed by atoms with Crippen LogP contribution in [0.25, 0.3) is 11.5 Å². The van der Waals surface area contributed by atoms with Crippen molar-refractivity contribution in [1.29, 1.82) is 0 Å². The summed E-state index contributed by atoms with van der Waals surface area (Å²) < 4.78 is 10.9. The third-order valence-electron chi connectivity index (χ3n) is 4.19. The molecule has 138 valence electrons. The van der Waals surface area contributed by atoms with Crippen LogP contribution in [0.2, 0.25) is 5.02 Å². The minimum Gasteiger partial charge on any atom is -0.412 e. The Morgan fingerprint density at radius 2 is 1.89 bits per heavy atom. The lowest BCUT2D eigenvalue weighted by Crippen LogP contribution is -2.36. The summed E-state index contributed by atoms with van der Waals surface area (Å²) in [5, 5.41) is 11.2. The Kier molecular flexibility index (Phi) is 5.04. The molecule has 2 heterocycles. The van der Waals surface area contributed by atoms with Crippen molar-refractivity contribution in [3.05, 3.63) is 59.4 Å². The van der Waals surface area contributed by atoms with Crippen molar-refractivity contribution in [2.24, 2.45) is 0 Å². The van der Waals surface area contributed by atoms with E-state index < -0.39 is 5.91 Å². The van der Waals surface area contributed by atoms with Crippen LogP contribution in [-0.4, -0.2) is 42.4 Å². The van der Waals surface area contributed by atoms with E-state index in [4.69, 9.17) is 20.8 Å². The number of amides is 1. The molecular formula is C19H17ClN4O3. The maximum Gasteiger partial charge on any atom is 0.313 e. The molecule has 1 fully saturated rings. The molecule has 2 aromatic carbocycles. The van der Waals surface area contributed by atoms with E-state index >= 15 is 0 Å². The normalized spacial score (nSPS) is 14.2. The van der Waals surface area contributed by atoms with E-state index in [0.29, 0.717) is 29.5 Å². The molecule has 1 saturated heterocycles. The first kappa shape index (κ1) is 17.5. The summed E-state index contributed by atoms with van der Waals surface area (Å²) in [7, 11) is 0. The van der Waals surface area contributed by atoms with Gasteiger partial charge in [0.25, 0.3) is 0 Å². The van der Waals surface area contributed by atoms with E-state index in [1.165, 1.54) is 0 Å². The first-order valence-corrected chi connectivity index (χ1v) is 8.91. The number of para-hydroxylation sites is 2. The summed E-state index contributed by atoms with van der Waals surface area (Å²) in [6.45, 7) is 2.86. The number of nitrogens with one attached hydrogen (secondary N) is 1. The number of carbonyl (C=O) groups excluding carboxylic acids is 1. The molecule has 1 aliphatic rings. The van der Waals surface area contributed by atoms with E-state index in [1.54, 1.807) is 24.3 Å². The monoisotopic (exact) mass is 384 g/mol. The second-order valence-corrected chi connectivity index (χ2v) is 6.43. The number of hydrogen-bond acceptors (Lipinski definition) is 6. The third kappa shape index (κ3) is 3.94. The van der Waals surface area contributed by atoms with Crippen molar-refractivity contribution in [3.8, 4) is 11.5 Å². The number of carbonyl (C=O) groups is 1. The SMILES string of the molecule is O=C(Nc1ccccc1N1CCOCC1)c1nnc(-c2cccc(Cl)c2)o1. The van der Waals surface area contributed by atoms with Crippen LogP contribution in [0.15, 0.2) is 52.9 Å². The van der Waals surface area contributed by atoms with Crippen molar-refractivity contribution < 1.29 is 13.9 Å². The summed E-state index contributed by atoms with van der Waals surface area (Å²) >= 11 is 5.98. The lowest BCUT2D eigenvalue weighted by atomic mass is 10.2. The van der Waals surface area contributed by atoms with Crippen LogP contribution in [0.3, 0.4) is 0 Å². The number of halogens is 1. The highest BCUT2D eigenvalue weighted by Gasteiger charge is 2.20. The fourth-order valence-electron chi connectivity index (χ4n) is 2.89. The number of rotatable bonds is 4. The van der Waals surface area contributed by atoms with Gasteiger partial charge < -0.3 is 19.4 Å². The highest BCUT2D eigenvalue weighted by Crippen LogP contribution is 2.27. The van der Waals surface area contributed by atoms with Crippen LogP contribution in [0, 0.1) is 0 Å². The number of hydrogen-bond donors (Lipinski definition) is 1. The maximum absolute atomic E-state index is 12.6. The van der Waals surface area contributed by atoms with Crippen molar-refractivity contribution in [2.45, 2.75) is 0 Å². The molecule has 1 N–H and O–H groups in total. The predicted octanol–water partition coefficient (Wildman–Crippen LogP) is 3.48. The van der Waals surface area contributed by atoms with Gasteiger partial charge in [-0.2, -0.15) is 0 Å². The van der Waals surface area contributed by atoms with Crippen molar-refractivity contribution in [1.82, 2.24) is 10.2 Å². The van der Waals surface area contributed by atoms with Gasteiger partial charge in [-0.25, -0.2) is 0 Å². The van der Waals surface area contributed by atoms with Crippen molar-refractivity contribution >= 4 is 28.9 Å². The first-order valence-electron chi connectivity index (χ1n) is 8.53. The molecule has 1 amide bonds. The Labute approximate surface area is 160 Å². The van der Waals surface area contributed by atoms with E-state index in [0.717, 1.165) is 18.8 Å². The minimum absolute atomic E-state index is 0.109. The summed E-state index contributed by atoms with van der Waals surface area (Å²) in [6, 6.07) is 14.6. The fraction of sp³-hybridized carbons (Fsp3) is 0.211. The van der Waals surface area contributed by atoms with E-state index in [-0.39, 0.29) is 11.8 Å². The van der Waals surface area contributed by atoms with Crippen LogP contribution in [0.4, 0.5) is 11.4 Å². The summed E-state index contributed by atoms with van der Waals surface area (Å²) in [4.78, 5) is 14.8. The number of morpholine rings is 1. The molecule has 0 aliphatic carbocycles. The average Bonchev–Trinajstić information content (AvgIpc) is 3.20. The zero-order valence-corrected chi connectivity index (χ0v) is 15.1. The van der Waals surface area contributed by atoms with Gasteiger partial charge in [0, 0.05) is 23.7 Å². The van der Waals surface area contributed by atoms with Gasteiger partial charge in [-0.1, -0.05) is 29.8 Å². The quantitative estimate of drug-likeness (QED) is 0.741. The Morgan fingerprint density at radius 1 is 1.07 bits per heavy atom. The lowest BCUT2D eigenvalue weighted by Gasteiger charge is -2.30. The van der Waals surface area contributed by atoms with E-state index in [9.17, 15) is 4.79 Å². The van der Waals surface area contributed by atoms with Gasteiger partial charge in [0.2, 0.25) is 5.89 Å². The minimum atomic E-state index is -0.462. The lowest BCUT2D eigenvalue weighted by molar-refractivity contribution is 0.0991. The number of ether oxygens (including phenoxy) is 1. The van der Waals surface area contributed by atoms with Crippen LogP contribution >= 0.6 is 11.6 Å². The van der Waals surface area contributed by atoms with Crippen molar-refractivity contribution in [3.63, 3.8) is 0 Å². The first-order chi connectivity index (χ1) is 13.2. The maximum atomic E-state index is 12.6. The third-order valence-corrected chi connectivity index (χ3v) is 4.43. The Balaban J connectivity index is 1.53. The molecule has 0 bridgehead atoms. The smallest absolute Gasteiger partial charge is 0.313 e. The predicted molar refractivity (Wildman–Crippen MR) is 102 cm³/mol. The molecule has 1 aliphatic heterocycles. The highest BCUT2D eigenvalue weighted by molar-refractivity contribution is 6.30. The molecule has 4 rings (SSSR count). The molecule has 0 spiro atoms. The fourth-order valence-corrected chi connectivity index (χ4v) is 3.08. The Morgan fingerprint density at radius 3 is 2.70 bits per heavy atom. The standard InChI is InChI=1S/C19H17ClN4O3/c20-14-5-3-4-13(12-14)18-22-23-19(27-18)17(25)21-15-6-1-2-7-16(15)24-8-10-26-11-9-24/h1-7,12H,8-11H2,(H,21,25). The molecule has 3 aromatic rings. The number of nitrogens with zero attached hydrogens (tertiary/aromatic N) is 3. The topological polar surface area (TPSA) is 80.5 Å². The van der Waals surface area contributed by atoms with Gasteiger partial charge in [-0.15, -0.1) is 10.2 Å². The largest absolute Gasteiger partial charge is 0.412 e. The highest BCUT2D eigenvalue weighted by atomic mass is 35.5. The zero-order chi connectivity index (χ0) is 18.6. The second-order valence-electron chi connectivity index (χ2n) is 5.99. The van der Waals surface area contributed by atoms with Crippen LogP contribution in [-0.2, 0) is 4.74 Å². The van der Waals surface area contributed by atoms with E-state index in [1.807, 2.05) is 24.3 Å². The molecule has 7 nitrogen and oxygen atoms in total. The summed E-state index contributed by atoms with van der Waals surface area (Å²) in [6.07, 6.45) is 0. The number of aromatic nitrogens is 2. The molecule has 0 saturated carbocycles. The molecule has 8 heteroatoms. The van der Waals surface area contributed by atoms with Crippen molar-refractivity contribution in [2.75, 3.05) is 36.5 Å². The van der Waals surface area contributed by atoms with Crippen LogP contribution in [0.1, 0.15) is 10.7 Å². The molecular weight excluding hydrogens is 368 g/mol. The van der Waals surface area contributed by atoms with Gasteiger partial charge in [-0.3, -0.25) is 4.79 Å².